The minimum absolute atomic E-state index is 0.00458. The molecule has 1 fully saturated rings. The van der Waals surface area contributed by atoms with E-state index in [9.17, 15) is 9.90 Å². The standard InChI is InChI=1S/C26H27N3O4/c1-32-22-13-17(14-23(33-2)26(22)31)15-28-12-11-27-24(16-28)29-20-9-5-3-7-18(20)25(30)19-8-4-6-10-21(19)29/h3-10,13-14,24,27,31H,11-12,15-16H2,1-2H3. The largest absolute Gasteiger partial charge is 0.502 e. The number of piperazine rings is 1. The third-order valence-corrected chi connectivity index (χ3v) is 6.31. The van der Waals surface area contributed by atoms with Gasteiger partial charge in [-0.15, -0.1) is 0 Å². The molecule has 3 aromatic carbocycles. The Labute approximate surface area is 191 Å². The molecule has 0 saturated carbocycles. The van der Waals surface area contributed by atoms with Crippen LogP contribution in [-0.2, 0) is 6.54 Å². The van der Waals surface area contributed by atoms with E-state index in [1.807, 2.05) is 60.7 Å². The molecule has 2 N–H and O–H groups in total. The van der Waals surface area contributed by atoms with Gasteiger partial charge in [0.1, 0.15) is 0 Å². The number of hydrogen-bond acceptors (Lipinski definition) is 6. The van der Waals surface area contributed by atoms with Gasteiger partial charge in [-0.25, -0.2) is 0 Å². The van der Waals surface area contributed by atoms with Gasteiger partial charge in [0.2, 0.25) is 5.75 Å². The predicted octanol–water partition coefficient (Wildman–Crippen LogP) is 3.48. The van der Waals surface area contributed by atoms with E-state index in [4.69, 9.17) is 9.47 Å². The average molecular weight is 446 g/mol. The number of benzene rings is 3. The Kier molecular flexibility index (Phi) is 5.66. The number of pyridine rings is 1. The Morgan fingerprint density at radius 1 is 0.970 bits per heavy atom. The highest BCUT2D eigenvalue weighted by Crippen LogP contribution is 2.37. The Morgan fingerprint density at radius 3 is 2.12 bits per heavy atom. The van der Waals surface area contributed by atoms with Gasteiger partial charge in [-0.3, -0.25) is 15.0 Å². The monoisotopic (exact) mass is 445 g/mol. The van der Waals surface area contributed by atoms with E-state index < -0.39 is 0 Å². The van der Waals surface area contributed by atoms with Crippen LogP contribution >= 0.6 is 0 Å². The molecule has 7 heteroatoms. The second-order valence-electron chi connectivity index (χ2n) is 8.29. The van der Waals surface area contributed by atoms with Gasteiger partial charge >= 0.3 is 0 Å². The van der Waals surface area contributed by atoms with Crippen molar-refractivity contribution in [3.63, 3.8) is 0 Å². The van der Waals surface area contributed by atoms with Crippen molar-refractivity contribution in [2.45, 2.75) is 12.7 Å². The first-order chi connectivity index (χ1) is 16.1. The average Bonchev–Trinajstić information content (AvgIpc) is 2.85. The maximum atomic E-state index is 13.1. The summed E-state index contributed by atoms with van der Waals surface area (Å²) in [5, 5.41) is 15.3. The van der Waals surface area contributed by atoms with Crippen LogP contribution in [0.2, 0.25) is 0 Å². The normalized spacial score (nSPS) is 16.8. The summed E-state index contributed by atoms with van der Waals surface area (Å²) < 4.78 is 12.9. The van der Waals surface area contributed by atoms with Crippen molar-refractivity contribution in [3.8, 4) is 17.2 Å². The van der Waals surface area contributed by atoms with Crippen molar-refractivity contribution in [1.29, 1.82) is 0 Å². The Balaban J connectivity index is 1.52. The highest BCUT2D eigenvalue weighted by molar-refractivity contribution is 5.93. The SMILES string of the molecule is COc1cc(CN2CCNC(n3c4ccccc4c(=O)c4ccccc43)C2)cc(OC)c1O. The second-order valence-corrected chi connectivity index (χ2v) is 8.29. The van der Waals surface area contributed by atoms with Crippen LogP contribution in [-0.4, -0.2) is 48.4 Å². The molecule has 170 valence electrons. The van der Waals surface area contributed by atoms with Crippen molar-refractivity contribution < 1.29 is 14.6 Å². The molecule has 1 aliphatic rings. The highest BCUT2D eigenvalue weighted by atomic mass is 16.5. The number of phenolic OH excluding ortho intramolecular Hbond substituents is 1. The summed E-state index contributed by atoms with van der Waals surface area (Å²) >= 11 is 0. The third-order valence-electron chi connectivity index (χ3n) is 6.31. The first-order valence-electron chi connectivity index (χ1n) is 11.0. The molecule has 7 nitrogen and oxygen atoms in total. The van der Waals surface area contributed by atoms with E-state index in [0.717, 1.165) is 47.0 Å². The van der Waals surface area contributed by atoms with Crippen LogP contribution in [0.1, 0.15) is 11.7 Å². The first kappa shape index (κ1) is 21.3. The molecule has 0 aliphatic carbocycles. The number of para-hydroxylation sites is 2. The van der Waals surface area contributed by atoms with Crippen LogP contribution in [0.5, 0.6) is 17.2 Å². The number of aromatic nitrogens is 1. The van der Waals surface area contributed by atoms with Gasteiger partial charge in [0.25, 0.3) is 0 Å². The van der Waals surface area contributed by atoms with E-state index in [0.29, 0.717) is 18.0 Å². The number of fused-ring (bicyclic) bond motifs is 2. The molecule has 2 heterocycles. The van der Waals surface area contributed by atoms with Gasteiger partial charge in [0.05, 0.1) is 31.4 Å². The van der Waals surface area contributed by atoms with E-state index >= 15 is 0 Å². The van der Waals surface area contributed by atoms with E-state index in [2.05, 4.69) is 14.8 Å². The summed E-state index contributed by atoms with van der Waals surface area (Å²) in [6.45, 7) is 3.12. The van der Waals surface area contributed by atoms with Crippen molar-refractivity contribution >= 4 is 21.8 Å². The molecule has 1 unspecified atom stereocenters. The lowest BCUT2D eigenvalue weighted by Crippen LogP contribution is -2.47. The van der Waals surface area contributed by atoms with Crippen LogP contribution in [0, 0.1) is 0 Å². The minimum Gasteiger partial charge on any atom is -0.502 e. The smallest absolute Gasteiger partial charge is 0.200 e. The zero-order valence-corrected chi connectivity index (χ0v) is 18.7. The van der Waals surface area contributed by atoms with Crippen molar-refractivity contribution in [2.75, 3.05) is 33.9 Å². The summed E-state index contributed by atoms with van der Waals surface area (Å²) in [7, 11) is 3.07. The lowest BCUT2D eigenvalue weighted by Gasteiger charge is -2.36. The molecule has 1 aromatic heterocycles. The number of methoxy groups -OCH3 is 2. The molecule has 33 heavy (non-hydrogen) atoms. The van der Waals surface area contributed by atoms with E-state index in [1.54, 1.807) is 0 Å². The Hall–Kier alpha value is -3.55. The fourth-order valence-corrected chi connectivity index (χ4v) is 4.77. The lowest BCUT2D eigenvalue weighted by atomic mass is 10.1. The molecule has 0 bridgehead atoms. The van der Waals surface area contributed by atoms with Gasteiger partial charge < -0.3 is 19.1 Å². The summed E-state index contributed by atoms with van der Waals surface area (Å²) in [4.78, 5) is 15.4. The fourth-order valence-electron chi connectivity index (χ4n) is 4.77. The van der Waals surface area contributed by atoms with Gasteiger partial charge in [-0.1, -0.05) is 24.3 Å². The zero-order chi connectivity index (χ0) is 22.9. The maximum absolute atomic E-state index is 13.1. The van der Waals surface area contributed by atoms with Gasteiger partial charge in [-0.2, -0.15) is 0 Å². The fraction of sp³-hybridized carbons (Fsp3) is 0.269. The number of rotatable bonds is 5. The van der Waals surface area contributed by atoms with Crippen LogP contribution in [0.25, 0.3) is 21.8 Å². The highest BCUT2D eigenvalue weighted by Gasteiger charge is 2.24. The number of aromatic hydroxyl groups is 1. The van der Waals surface area contributed by atoms with Crippen molar-refractivity contribution in [3.05, 3.63) is 76.5 Å². The first-order valence-corrected chi connectivity index (χ1v) is 11.0. The van der Waals surface area contributed by atoms with E-state index in [-0.39, 0.29) is 17.3 Å². The van der Waals surface area contributed by atoms with Crippen LogP contribution in [0.15, 0.2) is 65.5 Å². The molecule has 1 saturated heterocycles. The van der Waals surface area contributed by atoms with Gasteiger partial charge in [0.15, 0.2) is 16.9 Å². The molecule has 0 spiro atoms. The zero-order valence-electron chi connectivity index (χ0n) is 18.7. The van der Waals surface area contributed by atoms with Crippen molar-refractivity contribution in [2.24, 2.45) is 0 Å². The Morgan fingerprint density at radius 2 is 1.55 bits per heavy atom. The van der Waals surface area contributed by atoms with Crippen molar-refractivity contribution in [1.82, 2.24) is 14.8 Å². The molecular weight excluding hydrogens is 418 g/mol. The third kappa shape index (κ3) is 3.79. The molecule has 4 aromatic rings. The number of nitrogens with zero attached hydrogens (tertiary/aromatic N) is 2. The number of phenols is 1. The summed E-state index contributed by atoms with van der Waals surface area (Å²) in [6, 6.07) is 19.3. The molecule has 1 atom stereocenters. The predicted molar refractivity (Wildman–Crippen MR) is 129 cm³/mol. The number of hydrogen-bond donors (Lipinski definition) is 2. The molecular formula is C26H27N3O4. The number of ether oxygens (including phenoxy) is 2. The van der Waals surface area contributed by atoms with E-state index in [1.165, 1.54) is 14.2 Å². The molecule has 0 amide bonds. The van der Waals surface area contributed by atoms with Crippen LogP contribution in [0.3, 0.4) is 0 Å². The Bertz CT molecular complexity index is 1300. The molecule has 0 radical (unpaired) electrons. The minimum atomic E-state index is -0.00458. The summed E-state index contributed by atoms with van der Waals surface area (Å²) in [6.07, 6.45) is -0.00458. The van der Waals surface area contributed by atoms with Gasteiger partial charge in [-0.05, 0) is 42.0 Å². The number of nitrogens with one attached hydrogen (secondary N) is 1. The summed E-state index contributed by atoms with van der Waals surface area (Å²) in [5.74, 6) is 0.801. The second kappa shape index (κ2) is 8.77. The van der Waals surface area contributed by atoms with Crippen LogP contribution < -0.4 is 20.2 Å². The van der Waals surface area contributed by atoms with Crippen LogP contribution in [0.4, 0.5) is 0 Å². The van der Waals surface area contributed by atoms with Gasteiger partial charge in [0, 0.05) is 37.0 Å². The topological polar surface area (TPSA) is 76.0 Å². The maximum Gasteiger partial charge on any atom is 0.200 e. The quantitative estimate of drug-likeness (QED) is 0.458. The molecule has 5 rings (SSSR count). The lowest BCUT2D eigenvalue weighted by molar-refractivity contribution is 0.164. The summed E-state index contributed by atoms with van der Waals surface area (Å²) in [5.41, 5.74) is 2.91. The molecule has 1 aliphatic heterocycles.